The Kier molecular flexibility index (Phi) is 7.56. The maximum absolute atomic E-state index is 13.0. The first-order chi connectivity index (χ1) is 20.9. The lowest BCUT2D eigenvalue weighted by Crippen LogP contribution is -2.30. The van der Waals surface area contributed by atoms with Crippen molar-refractivity contribution in [2.45, 2.75) is 33.3 Å². The van der Waals surface area contributed by atoms with E-state index in [-0.39, 0.29) is 25.1 Å². The van der Waals surface area contributed by atoms with Crippen LogP contribution in [-0.4, -0.2) is 45.6 Å². The number of nitrogens with zero attached hydrogens (tertiary/aromatic N) is 4. The van der Waals surface area contributed by atoms with Gasteiger partial charge in [-0.2, -0.15) is 0 Å². The lowest BCUT2D eigenvalue weighted by atomic mass is 10.1. The summed E-state index contributed by atoms with van der Waals surface area (Å²) in [6, 6.07) is 26.6. The number of aliphatic hydroxyl groups is 1. The van der Waals surface area contributed by atoms with Crippen molar-refractivity contribution in [2.75, 3.05) is 19.1 Å². The van der Waals surface area contributed by atoms with E-state index in [1.54, 1.807) is 43.1 Å². The highest BCUT2D eigenvalue weighted by molar-refractivity contribution is 6.21. The number of amides is 2. The molecule has 2 aromatic heterocycles. The van der Waals surface area contributed by atoms with Gasteiger partial charge in [0.2, 0.25) is 0 Å². The first-order valence-corrected chi connectivity index (χ1v) is 14.0. The molecule has 218 valence electrons. The van der Waals surface area contributed by atoms with Gasteiger partial charge in [-0.1, -0.05) is 36.4 Å². The topological polar surface area (TPSA) is 97.1 Å². The number of benzene rings is 3. The molecule has 9 nitrogen and oxygen atoms in total. The molecule has 0 spiro atoms. The number of pyridine rings is 1. The van der Waals surface area contributed by atoms with Crippen LogP contribution in [0.25, 0.3) is 11.0 Å². The SMILES string of the molecule is COc1ccc(CN(Cc2ccc(OC)cc2)c2nc3cc(CN4C(=O)c5ccccc5C4=O)n(CO)c3cc2C)cc1. The van der Waals surface area contributed by atoms with Crippen LogP contribution < -0.4 is 14.4 Å². The van der Waals surface area contributed by atoms with E-state index in [0.29, 0.717) is 35.4 Å². The van der Waals surface area contributed by atoms with E-state index in [1.807, 2.05) is 67.6 Å². The fraction of sp³-hybridized carbons (Fsp3) is 0.206. The van der Waals surface area contributed by atoms with Crippen LogP contribution in [-0.2, 0) is 26.4 Å². The average molecular weight is 577 g/mol. The monoisotopic (exact) mass is 576 g/mol. The van der Waals surface area contributed by atoms with Crippen LogP contribution in [0.15, 0.2) is 84.9 Å². The minimum atomic E-state index is -0.342. The first kappa shape index (κ1) is 28.0. The number of methoxy groups -OCH3 is 2. The van der Waals surface area contributed by atoms with Gasteiger partial charge in [0.25, 0.3) is 11.8 Å². The van der Waals surface area contributed by atoms with Gasteiger partial charge in [-0.15, -0.1) is 0 Å². The number of aliphatic hydroxyl groups excluding tert-OH is 1. The zero-order valence-corrected chi connectivity index (χ0v) is 24.3. The van der Waals surface area contributed by atoms with Crippen LogP contribution in [0.4, 0.5) is 5.82 Å². The Morgan fingerprint density at radius 1 is 0.791 bits per heavy atom. The second kappa shape index (κ2) is 11.6. The van der Waals surface area contributed by atoms with Crippen molar-refractivity contribution in [2.24, 2.45) is 0 Å². The molecule has 0 aliphatic carbocycles. The highest BCUT2D eigenvalue weighted by Crippen LogP contribution is 2.31. The summed E-state index contributed by atoms with van der Waals surface area (Å²) < 4.78 is 12.4. The number of aromatic nitrogens is 2. The maximum atomic E-state index is 13.0. The van der Waals surface area contributed by atoms with Crippen molar-refractivity contribution in [1.82, 2.24) is 14.5 Å². The van der Waals surface area contributed by atoms with Gasteiger partial charge in [0.05, 0.1) is 42.9 Å². The molecule has 0 atom stereocenters. The molecule has 0 radical (unpaired) electrons. The van der Waals surface area contributed by atoms with E-state index in [4.69, 9.17) is 14.5 Å². The molecule has 2 amide bonds. The van der Waals surface area contributed by atoms with E-state index in [2.05, 4.69) is 4.90 Å². The quantitative estimate of drug-likeness (QED) is 0.225. The zero-order chi connectivity index (χ0) is 30.1. The molecule has 0 unspecified atom stereocenters. The summed E-state index contributed by atoms with van der Waals surface area (Å²) in [5, 5.41) is 10.3. The largest absolute Gasteiger partial charge is 0.497 e. The Balaban J connectivity index is 1.36. The van der Waals surface area contributed by atoms with Gasteiger partial charge >= 0.3 is 0 Å². The summed E-state index contributed by atoms with van der Waals surface area (Å²) in [6.45, 7) is 2.90. The molecule has 5 aromatic rings. The van der Waals surface area contributed by atoms with Crippen LogP contribution in [0.1, 0.15) is 43.1 Å². The summed E-state index contributed by atoms with van der Waals surface area (Å²) in [7, 11) is 3.29. The maximum Gasteiger partial charge on any atom is 0.261 e. The Labute approximate surface area is 249 Å². The molecule has 6 rings (SSSR count). The normalized spacial score (nSPS) is 12.6. The van der Waals surface area contributed by atoms with E-state index in [1.165, 1.54) is 4.90 Å². The summed E-state index contributed by atoms with van der Waals surface area (Å²) in [6.07, 6.45) is 0. The van der Waals surface area contributed by atoms with Gasteiger partial charge in [0.1, 0.15) is 24.0 Å². The summed E-state index contributed by atoms with van der Waals surface area (Å²) >= 11 is 0. The number of carbonyl (C=O) groups excluding carboxylic acids is 2. The smallest absolute Gasteiger partial charge is 0.261 e. The molecule has 1 aliphatic heterocycles. The van der Waals surface area contributed by atoms with Crippen molar-refractivity contribution in [3.8, 4) is 11.5 Å². The molecule has 1 aliphatic rings. The lowest BCUT2D eigenvalue weighted by molar-refractivity contribution is 0.0635. The Bertz CT molecular complexity index is 1730. The molecule has 3 heterocycles. The fourth-order valence-electron chi connectivity index (χ4n) is 5.59. The summed E-state index contributed by atoms with van der Waals surface area (Å²) in [5.41, 5.74) is 5.90. The van der Waals surface area contributed by atoms with E-state index < -0.39 is 0 Å². The predicted octanol–water partition coefficient (Wildman–Crippen LogP) is 5.31. The van der Waals surface area contributed by atoms with Crippen LogP contribution in [0.2, 0.25) is 0 Å². The minimum Gasteiger partial charge on any atom is -0.497 e. The van der Waals surface area contributed by atoms with Crippen molar-refractivity contribution < 1.29 is 24.2 Å². The number of aryl methyl sites for hydroxylation is 1. The lowest BCUT2D eigenvalue weighted by Gasteiger charge is -2.26. The first-order valence-electron chi connectivity index (χ1n) is 14.0. The molecule has 43 heavy (non-hydrogen) atoms. The van der Waals surface area contributed by atoms with E-state index >= 15 is 0 Å². The molecule has 9 heteroatoms. The highest BCUT2D eigenvalue weighted by atomic mass is 16.5. The average Bonchev–Trinajstić information content (AvgIpc) is 3.50. The standard InChI is InChI=1S/C34H32N4O5/c1-22-16-31-30(17-25(38(31)21-39)20-37-33(40)28-6-4-5-7-29(28)34(37)41)35-32(22)36(18-23-8-12-26(42-2)13-9-23)19-24-10-14-27(43-3)15-11-24/h4-17,39H,18-21H2,1-3H3. The van der Waals surface area contributed by atoms with Gasteiger partial charge in [-0.05, 0) is 72.1 Å². The zero-order valence-electron chi connectivity index (χ0n) is 24.3. The summed E-state index contributed by atoms with van der Waals surface area (Å²) in [5.74, 6) is 1.69. The number of hydrogen-bond donors (Lipinski definition) is 1. The molecule has 0 fully saturated rings. The highest BCUT2D eigenvalue weighted by Gasteiger charge is 2.35. The number of anilines is 1. The Hall–Kier alpha value is -5.15. The molecule has 0 saturated heterocycles. The van der Waals surface area contributed by atoms with E-state index in [0.717, 1.165) is 39.5 Å². The van der Waals surface area contributed by atoms with Gasteiger partial charge in [0.15, 0.2) is 0 Å². The van der Waals surface area contributed by atoms with E-state index in [9.17, 15) is 14.7 Å². The number of imide groups is 1. The molecule has 0 bridgehead atoms. The van der Waals surface area contributed by atoms with Crippen LogP contribution >= 0.6 is 0 Å². The minimum absolute atomic E-state index is 0.0268. The second-order valence-corrected chi connectivity index (χ2v) is 10.5. The molecule has 1 N–H and O–H groups in total. The summed E-state index contributed by atoms with van der Waals surface area (Å²) in [4.78, 5) is 34.6. The predicted molar refractivity (Wildman–Crippen MR) is 163 cm³/mol. The number of hydrogen-bond acceptors (Lipinski definition) is 7. The van der Waals surface area contributed by atoms with Crippen molar-refractivity contribution in [3.63, 3.8) is 0 Å². The third kappa shape index (κ3) is 5.30. The van der Waals surface area contributed by atoms with Crippen LogP contribution in [0, 0.1) is 6.92 Å². The Morgan fingerprint density at radius 3 is 1.81 bits per heavy atom. The van der Waals surface area contributed by atoms with Crippen molar-refractivity contribution in [3.05, 3.63) is 118 Å². The molecule has 0 saturated carbocycles. The van der Waals surface area contributed by atoms with Gasteiger partial charge in [0, 0.05) is 18.8 Å². The van der Waals surface area contributed by atoms with Crippen LogP contribution in [0.5, 0.6) is 11.5 Å². The van der Waals surface area contributed by atoms with Crippen molar-refractivity contribution >= 4 is 28.7 Å². The third-order valence-corrected chi connectivity index (χ3v) is 7.84. The molecule has 3 aromatic carbocycles. The van der Waals surface area contributed by atoms with Gasteiger partial charge in [-0.3, -0.25) is 14.5 Å². The number of ether oxygens (including phenoxy) is 2. The molecular formula is C34H32N4O5. The van der Waals surface area contributed by atoms with Crippen LogP contribution in [0.3, 0.4) is 0 Å². The van der Waals surface area contributed by atoms with Crippen molar-refractivity contribution in [1.29, 1.82) is 0 Å². The second-order valence-electron chi connectivity index (χ2n) is 10.5. The third-order valence-electron chi connectivity index (χ3n) is 7.84. The Morgan fingerprint density at radius 2 is 1.33 bits per heavy atom. The van der Waals surface area contributed by atoms with Gasteiger partial charge in [-0.25, -0.2) is 4.98 Å². The molecular weight excluding hydrogens is 544 g/mol. The van der Waals surface area contributed by atoms with Gasteiger partial charge < -0.3 is 24.0 Å². The number of fused-ring (bicyclic) bond motifs is 2. The number of rotatable bonds is 10. The fourth-order valence-corrected chi connectivity index (χ4v) is 5.59. The number of carbonyl (C=O) groups is 2.